The molecule has 0 aliphatic carbocycles. The Morgan fingerprint density at radius 1 is 1.22 bits per heavy atom. The summed E-state index contributed by atoms with van der Waals surface area (Å²) in [4.78, 5) is 0. The number of rotatable bonds is 3. The lowest BCUT2D eigenvalue weighted by molar-refractivity contribution is -0.291. The topological polar surface area (TPSA) is 35.2 Å². The van der Waals surface area contributed by atoms with E-state index in [-0.39, 0.29) is 10.0 Å². The summed E-state index contributed by atoms with van der Waals surface area (Å²) in [5.74, 6) is -4.69. The SMILES string of the molecule is COc1ccc([C@@H](N)C(F)(F)C(F)(F)F)cc1Br. The molecule has 1 aromatic rings. The zero-order chi connectivity index (χ0) is 14.1. The minimum Gasteiger partial charge on any atom is -0.496 e. The first-order valence-electron chi connectivity index (χ1n) is 4.64. The van der Waals surface area contributed by atoms with Gasteiger partial charge >= 0.3 is 12.1 Å². The van der Waals surface area contributed by atoms with Gasteiger partial charge in [0.2, 0.25) is 0 Å². The molecule has 1 atom stereocenters. The van der Waals surface area contributed by atoms with Gasteiger partial charge in [0.15, 0.2) is 0 Å². The number of hydrogen-bond donors (Lipinski definition) is 1. The van der Waals surface area contributed by atoms with Crippen molar-refractivity contribution in [2.75, 3.05) is 7.11 Å². The molecular weight excluding hydrogens is 325 g/mol. The van der Waals surface area contributed by atoms with E-state index in [0.29, 0.717) is 5.75 Å². The van der Waals surface area contributed by atoms with Crippen LogP contribution in [0.1, 0.15) is 11.6 Å². The van der Waals surface area contributed by atoms with E-state index in [9.17, 15) is 22.0 Å². The Bertz CT molecular complexity index is 435. The van der Waals surface area contributed by atoms with Crippen molar-refractivity contribution in [1.82, 2.24) is 0 Å². The van der Waals surface area contributed by atoms with Gasteiger partial charge in [0.1, 0.15) is 11.8 Å². The number of alkyl halides is 5. The summed E-state index contributed by atoms with van der Waals surface area (Å²) in [6.07, 6.45) is -5.70. The van der Waals surface area contributed by atoms with Crippen molar-refractivity contribution in [2.45, 2.75) is 18.1 Å². The molecule has 18 heavy (non-hydrogen) atoms. The Kier molecular flexibility index (Phi) is 4.22. The number of hydrogen-bond acceptors (Lipinski definition) is 2. The second kappa shape index (κ2) is 5.00. The lowest BCUT2D eigenvalue weighted by Gasteiger charge is -2.26. The minimum atomic E-state index is -5.70. The van der Waals surface area contributed by atoms with E-state index < -0.39 is 18.1 Å². The molecule has 102 valence electrons. The van der Waals surface area contributed by atoms with Gasteiger partial charge in [0.25, 0.3) is 0 Å². The molecule has 1 rings (SSSR count). The van der Waals surface area contributed by atoms with Crippen LogP contribution in [0.2, 0.25) is 0 Å². The van der Waals surface area contributed by atoms with Gasteiger partial charge in [-0.15, -0.1) is 0 Å². The van der Waals surface area contributed by atoms with Crippen LogP contribution in [0.5, 0.6) is 5.75 Å². The van der Waals surface area contributed by atoms with Gasteiger partial charge in [-0.05, 0) is 33.6 Å². The van der Waals surface area contributed by atoms with Crippen molar-refractivity contribution >= 4 is 15.9 Å². The Balaban J connectivity index is 3.12. The summed E-state index contributed by atoms with van der Waals surface area (Å²) in [7, 11) is 1.34. The predicted molar refractivity (Wildman–Crippen MR) is 58.6 cm³/mol. The van der Waals surface area contributed by atoms with E-state index in [4.69, 9.17) is 10.5 Å². The van der Waals surface area contributed by atoms with Gasteiger partial charge in [0.05, 0.1) is 11.6 Å². The normalized spacial score (nSPS) is 14.4. The Morgan fingerprint density at radius 2 is 1.78 bits per heavy atom. The zero-order valence-corrected chi connectivity index (χ0v) is 10.6. The molecule has 2 nitrogen and oxygen atoms in total. The van der Waals surface area contributed by atoms with Crippen LogP contribution in [-0.4, -0.2) is 19.2 Å². The molecule has 0 saturated heterocycles. The Labute approximate surface area is 108 Å². The molecule has 0 aromatic heterocycles. The second-order valence-electron chi connectivity index (χ2n) is 3.49. The van der Waals surface area contributed by atoms with Gasteiger partial charge in [-0.1, -0.05) is 6.07 Å². The smallest absolute Gasteiger partial charge is 0.455 e. The number of benzene rings is 1. The number of ether oxygens (including phenoxy) is 1. The van der Waals surface area contributed by atoms with E-state index in [1.54, 1.807) is 0 Å². The lowest BCUT2D eigenvalue weighted by Crippen LogP contribution is -2.45. The van der Waals surface area contributed by atoms with Crippen LogP contribution < -0.4 is 10.5 Å². The number of methoxy groups -OCH3 is 1. The summed E-state index contributed by atoms with van der Waals surface area (Å²) < 4.78 is 67.6. The van der Waals surface area contributed by atoms with Crippen molar-refractivity contribution in [3.8, 4) is 5.75 Å². The fourth-order valence-corrected chi connectivity index (χ4v) is 1.82. The highest BCUT2D eigenvalue weighted by Gasteiger charge is 2.61. The maximum atomic E-state index is 13.0. The maximum absolute atomic E-state index is 13.0. The lowest BCUT2D eigenvalue weighted by atomic mass is 10.0. The number of halogens is 6. The van der Waals surface area contributed by atoms with Crippen LogP contribution in [0, 0.1) is 0 Å². The quantitative estimate of drug-likeness (QED) is 0.857. The van der Waals surface area contributed by atoms with E-state index in [0.717, 1.165) is 12.1 Å². The van der Waals surface area contributed by atoms with Crippen LogP contribution in [0.15, 0.2) is 22.7 Å². The van der Waals surface area contributed by atoms with Crippen LogP contribution in [0.3, 0.4) is 0 Å². The molecule has 0 radical (unpaired) electrons. The van der Waals surface area contributed by atoms with E-state index >= 15 is 0 Å². The van der Waals surface area contributed by atoms with Crippen LogP contribution in [0.4, 0.5) is 22.0 Å². The highest BCUT2D eigenvalue weighted by molar-refractivity contribution is 9.10. The first-order valence-corrected chi connectivity index (χ1v) is 5.44. The van der Waals surface area contributed by atoms with Gasteiger partial charge in [-0.25, -0.2) is 0 Å². The van der Waals surface area contributed by atoms with Gasteiger partial charge < -0.3 is 10.5 Å². The van der Waals surface area contributed by atoms with Gasteiger partial charge in [-0.2, -0.15) is 22.0 Å². The molecule has 0 amide bonds. The molecule has 0 saturated carbocycles. The summed E-state index contributed by atoms with van der Waals surface area (Å²) in [5, 5.41) is 0. The summed E-state index contributed by atoms with van der Waals surface area (Å²) >= 11 is 2.99. The molecule has 1 aromatic carbocycles. The molecule has 0 fully saturated rings. The van der Waals surface area contributed by atoms with Crippen LogP contribution >= 0.6 is 15.9 Å². The Morgan fingerprint density at radius 3 is 2.17 bits per heavy atom. The van der Waals surface area contributed by atoms with Crippen molar-refractivity contribution in [3.05, 3.63) is 28.2 Å². The molecule has 0 bridgehead atoms. The molecule has 0 aliphatic heterocycles. The third-order valence-corrected chi connectivity index (χ3v) is 2.92. The van der Waals surface area contributed by atoms with Crippen LogP contribution in [-0.2, 0) is 0 Å². The zero-order valence-electron chi connectivity index (χ0n) is 9.06. The van der Waals surface area contributed by atoms with Gasteiger partial charge in [0, 0.05) is 0 Å². The standard InChI is InChI=1S/C10H9BrF5NO/c1-18-7-3-2-5(4-6(7)11)8(17)9(12,13)10(14,15)16/h2-4,8H,17H2,1H3/t8-/m1/s1. The highest BCUT2D eigenvalue weighted by atomic mass is 79.9. The second-order valence-corrected chi connectivity index (χ2v) is 4.35. The van der Waals surface area contributed by atoms with E-state index in [1.165, 1.54) is 13.2 Å². The fraction of sp³-hybridized carbons (Fsp3) is 0.400. The maximum Gasteiger partial charge on any atom is 0.455 e. The third kappa shape index (κ3) is 2.74. The van der Waals surface area contributed by atoms with Gasteiger partial charge in [-0.3, -0.25) is 0 Å². The summed E-state index contributed by atoms with van der Waals surface area (Å²) in [6.45, 7) is 0. The molecular formula is C10H9BrF5NO. The van der Waals surface area contributed by atoms with Crippen LogP contribution in [0.25, 0.3) is 0 Å². The average molecular weight is 334 g/mol. The van der Waals surface area contributed by atoms with Crippen molar-refractivity contribution in [2.24, 2.45) is 5.73 Å². The monoisotopic (exact) mass is 333 g/mol. The molecule has 0 heterocycles. The van der Waals surface area contributed by atoms with E-state index in [1.807, 2.05) is 0 Å². The Hall–Kier alpha value is -0.890. The highest BCUT2D eigenvalue weighted by Crippen LogP contribution is 2.44. The first-order chi connectivity index (χ1) is 8.11. The molecule has 8 heteroatoms. The van der Waals surface area contributed by atoms with Crippen molar-refractivity contribution < 1.29 is 26.7 Å². The molecule has 0 aliphatic rings. The predicted octanol–water partition coefficient (Wildman–Crippen LogP) is 3.66. The fourth-order valence-electron chi connectivity index (χ4n) is 1.26. The average Bonchev–Trinajstić information content (AvgIpc) is 2.26. The minimum absolute atomic E-state index is 0.246. The third-order valence-electron chi connectivity index (χ3n) is 2.30. The molecule has 2 N–H and O–H groups in total. The molecule has 0 spiro atoms. The van der Waals surface area contributed by atoms with E-state index in [2.05, 4.69) is 15.9 Å². The van der Waals surface area contributed by atoms with Crippen molar-refractivity contribution in [3.63, 3.8) is 0 Å². The largest absolute Gasteiger partial charge is 0.496 e. The summed E-state index contributed by atoms with van der Waals surface area (Å²) in [5.41, 5.74) is 4.65. The first kappa shape index (κ1) is 15.2. The molecule has 0 unspecified atom stereocenters. The van der Waals surface area contributed by atoms with Crippen molar-refractivity contribution in [1.29, 1.82) is 0 Å². The summed E-state index contributed by atoms with van der Waals surface area (Å²) in [6, 6.07) is 0.919. The number of nitrogens with two attached hydrogens (primary N) is 1.